The second-order valence-electron chi connectivity index (χ2n) is 5.49. The first kappa shape index (κ1) is 16.1. The third-order valence-electron chi connectivity index (χ3n) is 4.03. The molecule has 0 spiro atoms. The van der Waals surface area contributed by atoms with Crippen molar-refractivity contribution in [3.05, 3.63) is 23.8 Å². The molecule has 4 nitrogen and oxygen atoms in total. The Balaban J connectivity index is 2.05. The molecule has 0 aliphatic carbocycles. The van der Waals surface area contributed by atoms with E-state index in [1.807, 2.05) is 13.1 Å². The fourth-order valence-corrected chi connectivity index (χ4v) is 2.66. The van der Waals surface area contributed by atoms with Crippen molar-refractivity contribution in [1.29, 1.82) is 0 Å². The van der Waals surface area contributed by atoms with E-state index < -0.39 is 0 Å². The van der Waals surface area contributed by atoms with E-state index in [0.717, 1.165) is 31.1 Å². The standard InChI is InChI=1S/C17H28N2O2/c1-4-6-9-19(5-2)13-15(18-3)14-7-8-16-17(12-14)21-11-10-20-16/h7-8,12,15,18H,4-6,9-11,13H2,1-3H3. The van der Waals surface area contributed by atoms with E-state index in [1.165, 1.54) is 18.4 Å². The van der Waals surface area contributed by atoms with Crippen molar-refractivity contribution in [3.8, 4) is 11.5 Å². The van der Waals surface area contributed by atoms with Crippen LogP contribution in [0.2, 0.25) is 0 Å². The summed E-state index contributed by atoms with van der Waals surface area (Å²) in [5.41, 5.74) is 1.26. The van der Waals surface area contributed by atoms with Crippen molar-refractivity contribution in [2.45, 2.75) is 32.7 Å². The fourth-order valence-electron chi connectivity index (χ4n) is 2.66. The second-order valence-corrected chi connectivity index (χ2v) is 5.49. The number of benzene rings is 1. The van der Waals surface area contributed by atoms with Gasteiger partial charge in [0.15, 0.2) is 11.5 Å². The Morgan fingerprint density at radius 1 is 1.19 bits per heavy atom. The number of rotatable bonds is 8. The minimum Gasteiger partial charge on any atom is -0.486 e. The van der Waals surface area contributed by atoms with Crippen LogP contribution in [0.1, 0.15) is 38.3 Å². The van der Waals surface area contributed by atoms with E-state index in [0.29, 0.717) is 19.3 Å². The van der Waals surface area contributed by atoms with Crippen LogP contribution < -0.4 is 14.8 Å². The molecule has 1 N–H and O–H groups in total. The topological polar surface area (TPSA) is 33.7 Å². The Bertz CT molecular complexity index is 437. The summed E-state index contributed by atoms with van der Waals surface area (Å²) in [6, 6.07) is 6.60. The average Bonchev–Trinajstić information content (AvgIpc) is 2.55. The zero-order valence-corrected chi connectivity index (χ0v) is 13.5. The van der Waals surface area contributed by atoms with Gasteiger partial charge in [-0.25, -0.2) is 0 Å². The van der Waals surface area contributed by atoms with Gasteiger partial charge in [0.1, 0.15) is 13.2 Å². The lowest BCUT2D eigenvalue weighted by Crippen LogP contribution is -2.34. The Kier molecular flexibility index (Phi) is 6.33. The molecule has 4 heteroatoms. The van der Waals surface area contributed by atoms with E-state index in [4.69, 9.17) is 9.47 Å². The number of likely N-dealkylation sites (N-methyl/N-ethyl adjacent to an activating group) is 2. The maximum absolute atomic E-state index is 5.69. The van der Waals surface area contributed by atoms with Gasteiger partial charge in [-0.15, -0.1) is 0 Å². The highest BCUT2D eigenvalue weighted by atomic mass is 16.6. The molecular weight excluding hydrogens is 264 g/mol. The Hall–Kier alpha value is -1.26. The molecular formula is C17H28N2O2. The molecule has 1 aliphatic rings. The van der Waals surface area contributed by atoms with Gasteiger partial charge in [0, 0.05) is 12.6 Å². The third-order valence-corrected chi connectivity index (χ3v) is 4.03. The van der Waals surface area contributed by atoms with E-state index in [-0.39, 0.29) is 0 Å². The molecule has 1 aromatic carbocycles. The third kappa shape index (κ3) is 4.35. The van der Waals surface area contributed by atoms with E-state index >= 15 is 0 Å². The summed E-state index contributed by atoms with van der Waals surface area (Å²) in [5, 5.41) is 3.43. The van der Waals surface area contributed by atoms with E-state index in [1.54, 1.807) is 0 Å². The van der Waals surface area contributed by atoms with Crippen LogP contribution in [0.25, 0.3) is 0 Å². The minimum absolute atomic E-state index is 0.317. The zero-order chi connectivity index (χ0) is 15.1. The van der Waals surface area contributed by atoms with Crippen molar-refractivity contribution < 1.29 is 9.47 Å². The van der Waals surface area contributed by atoms with Gasteiger partial charge in [0.05, 0.1) is 0 Å². The van der Waals surface area contributed by atoms with Gasteiger partial charge in [-0.2, -0.15) is 0 Å². The van der Waals surface area contributed by atoms with Crippen LogP contribution in [0.4, 0.5) is 0 Å². The number of nitrogens with one attached hydrogen (secondary N) is 1. The van der Waals surface area contributed by atoms with Crippen molar-refractivity contribution in [2.75, 3.05) is 39.9 Å². The summed E-state index contributed by atoms with van der Waals surface area (Å²) in [4.78, 5) is 2.50. The zero-order valence-electron chi connectivity index (χ0n) is 13.5. The highest BCUT2D eigenvalue weighted by molar-refractivity contribution is 5.44. The molecule has 1 aromatic rings. The van der Waals surface area contributed by atoms with Crippen molar-refractivity contribution in [2.24, 2.45) is 0 Å². The van der Waals surface area contributed by atoms with Gasteiger partial charge < -0.3 is 19.7 Å². The molecule has 0 amide bonds. The maximum atomic E-state index is 5.69. The molecule has 0 radical (unpaired) electrons. The molecule has 21 heavy (non-hydrogen) atoms. The van der Waals surface area contributed by atoms with Gasteiger partial charge in [-0.1, -0.05) is 26.3 Å². The Morgan fingerprint density at radius 2 is 1.95 bits per heavy atom. The first-order chi connectivity index (χ1) is 10.3. The molecule has 2 rings (SSSR count). The lowest BCUT2D eigenvalue weighted by molar-refractivity contribution is 0.171. The SMILES string of the molecule is CCCCN(CC)CC(NC)c1ccc2c(c1)OCCO2. The summed E-state index contributed by atoms with van der Waals surface area (Å²) < 4.78 is 11.3. The molecule has 118 valence electrons. The lowest BCUT2D eigenvalue weighted by atomic mass is 10.1. The predicted octanol–water partition coefficient (Wildman–Crippen LogP) is 2.84. The largest absolute Gasteiger partial charge is 0.486 e. The summed E-state index contributed by atoms with van der Waals surface area (Å²) >= 11 is 0. The monoisotopic (exact) mass is 292 g/mol. The minimum atomic E-state index is 0.317. The first-order valence-electron chi connectivity index (χ1n) is 8.07. The van der Waals surface area contributed by atoms with Gasteiger partial charge in [0.25, 0.3) is 0 Å². The van der Waals surface area contributed by atoms with Crippen LogP contribution in [0.15, 0.2) is 18.2 Å². The van der Waals surface area contributed by atoms with Crippen molar-refractivity contribution >= 4 is 0 Å². The highest BCUT2D eigenvalue weighted by Gasteiger charge is 2.17. The Labute approximate surface area is 128 Å². The van der Waals surface area contributed by atoms with E-state index in [9.17, 15) is 0 Å². The van der Waals surface area contributed by atoms with Gasteiger partial charge in [-0.3, -0.25) is 0 Å². The molecule has 0 fully saturated rings. The molecule has 1 heterocycles. The number of hydrogen-bond acceptors (Lipinski definition) is 4. The normalized spacial score (nSPS) is 15.2. The first-order valence-corrected chi connectivity index (χ1v) is 8.07. The molecule has 0 bridgehead atoms. The van der Waals surface area contributed by atoms with Crippen LogP contribution >= 0.6 is 0 Å². The van der Waals surface area contributed by atoms with Crippen molar-refractivity contribution in [3.63, 3.8) is 0 Å². The molecule has 1 aliphatic heterocycles. The lowest BCUT2D eigenvalue weighted by Gasteiger charge is -2.27. The van der Waals surface area contributed by atoms with Crippen LogP contribution in [0, 0.1) is 0 Å². The summed E-state index contributed by atoms with van der Waals surface area (Å²) in [6.45, 7) is 9.02. The molecule has 1 atom stereocenters. The number of unbranched alkanes of at least 4 members (excludes halogenated alkanes) is 1. The second kappa shape index (κ2) is 8.25. The highest BCUT2D eigenvalue weighted by Crippen LogP contribution is 2.32. The summed E-state index contributed by atoms with van der Waals surface area (Å²) in [5.74, 6) is 1.73. The molecule has 0 saturated heterocycles. The molecule has 0 saturated carbocycles. The van der Waals surface area contributed by atoms with Crippen molar-refractivity contribution in [1.82, 2.24) is 10.2 Å². The average molecular weight is 292 g/mol. The number of hydrogen-bond donors (Lipinski definition) is 1. The van der Waals surface area contributed by atoms with Gasteiger partial charge in [0.2, 0.25) is 0 Å². The summed E-state index contributed by atoms with van der Waals surface area (Å²) in [6.07, 6.45) is 2.50. The maximum Gasteiger partial charge on any atom is 0.161 e. The van der Waals surface area contributed by atoms with Crippen LogP contribution in [-0.4, -0.2) is 44.8 Å². The fraction of sp³-hybridized carbons (Fsp3) is 0.647. The quantitative estimate of drug-likeness (QED) is 0.799. The predicted molar refractivity (Wildman–Crippen MR) is 86.3 cm³/mol. The Morgan fingerprint density at radius 3 is 2.62 bits per heavy atom. The van der Waals surface area contributed by atoms with Crippen LogP contribution in [-0.2, 0) is 0 Å². The number of ether oxygens (including phenoxy) is 2. The number of fused-ring (bicyclic) bond motifs is 1. The van der Waals surface area contributed by atoms with Crippen LogP contribution in [0.5, 0.6) is 11.5 Å². The summed E-state index contributed by atoms with van der Waals surface area (Å²) in [7, 11) is 2.02. The van der Waals surface area contributed by atoms with Gasteiger partial charge >= 0.3 is 0 Å². The molecule has 0 aromatic heterocycles. The molecule has 1 unspecified atom stereocenters. The number of nitrogens with zero attached hydrogens (tertiary/aromatic N) is 1. The van der Waals surface area contributed by atoms with E-state index in [2.05, 4.69) is 36.2 Å². The smallest absolute Gasteiger partial charge is 0.161 e. The van der Waals surface area contributed by atoms with Gasteiger partial charge in [-0.05, 0) is 44.3 Å². The van der Waals surface area contributed by atoms with Crippen LogP contribution in [0.3, 0.4) is 0 Å².